The molecule has 1 amide bonds. The van der Waals surface area contributed by atoms with Gasteiger partial charge >= 0.3 is 0 Å². The molecular weight excluding hydrogens is 458 g/mol. The molecule has 2 aliphatic heterocycles. The van der Waals surface area contributed by atoms with Crippen molar-refractivity contribution in [1.82, 2.24) is 20.0 Å². The van der Waals surface area contributed by atoms with Gasteiger partial charge in [0.15, 0.2) is 0 Å². The van der Waals surface area contributed by atoms with Crippen molar-refractivity contribution in [2.75, 3.05) is 39.3 Å². The zero-order chi connectivity index (χ0) is 26.9. The maximum Gasteiger partial charge on any atom is 0.254 e. The predicted molar refractivity (Wildman–Crippen MR) is 152 cm³/mol. The van der Waals surface area contributed by atoms with Gasteiger partial charge in [0.25, 0.3) is 5.91 Å². The molecule has 0 aromatic heterocycles. The molecule has 2 fully saturated rings. The first-order valence-electron chi connectivity index (χ1n) is 13.6. The number of carbonyl (C=O) groups excluding carboxylic acids is 1. The lowest BCUT2D eigenvalue weighted by molar-refractivity contribution is 0.0788. The second-order valence-corrected chi connectivity index (χ2v) is 10.1. The van der Waals surface area contributed by atoms with Gasteiger partial charge in [-0.15, -0.1) is 0 Å². The maximum atomic E-state index is 13.6. The monoisotopic (exact) mass is 501 g/mol. The van der Waals surface area contributed by atoms with Crippen LogP contribution in [0.2, 0.25) is 0 Å². The summed E-state index contributed by atoms with van der Waals surface area (Å²) in [4.78, 5) is 20.5. The van der Waals surface area contributed by atoms with Gasteiger partial charge in [-0.05, 0) is 61.9 Å². The molecule has 2 aliphatic rings. The van der Waals surface area contributed by atoms with Gasteiger partial charge in [-0.25, -0.2) is 0 Å². The van der Waals surface area contributed by atoms with Crippen LogP contribution in [-0.2, 0) is 6.54 Å². The van der Waals surface area contributed by atoms with Crippen molar-refractivity contribution in [2.24, 2.45) is 0 Å². The molecule has 1 atom stereocenters. The van der Waals surface area contributed by atoms with Gasteiger partial charge in [-0.2, -0.15) is 5.26 Å². The molecule has 6 heteroatoms. The first-order valence-corrected chi connectivity index (χ1v) is 13.6. The molecule has 0 spiro atoms. The van der Waals surface area contributed by atoms with Crippen molar-refractivity contribution in [2.45, 2.75) is 59.5 Å². The fourth-order valence-corrected chi connectivity index (χ4v) is 5.33. The van der Waals surface area contributed by atoms with Crippen LogP contribution in [0.25, 0.3) is 0 Å². The van der Waals surface area contributed by atoms with E-state index in [1.54, 1.807) is 12.2 Å². The smallest absolute Gasteiger partial charge is 0.254 e. The van der Waals surface area contributed by atoms with Crippen LogP contribution in [-0.4, -0.2) is 65.9 Å². The van der Waals surface area contributed by atoms with Crippen LogP contribution in [0.15, 0.2) is 60.5 Å². The average Bonchev–Trinajstić information content (AvgIpc) is 3.37. The molecule has 0 aliphatic carbocycles. The molecule has 6 nitrogen and oxygen atoms in total. The molecule has 1 unspecified atom stereocenters. The van der Waals surface area contributed by atoms with Gasteiger partial charge in [0.2, 0.25) is 0 Å². The van der Waals surface area contributed by atoms with E-state index >= 15 is 0 Å². The van der Waals surface area contributed by atoms with E-state index < -0.39 is 0 Å². The third kappa shape index (κ3) is 7.14. The lowest BCUT2D eigenvalue weighted by atomic mass is 9.98. The van der Waals surface area contributed by atoms with E-state index in [9.17, 15) is 10.1 Å². The zero-order valence-electron chi connectivity index (χ0n) is 23.1. The first-order chi connectivity index (χ1) is 17.8. The summed E-state index contributed by atoms with van der Waals surface area (Å²) in [5.41, 5.74) is 6.80. The summed E-state index contributed by atoms with van der Waals surface area (Å²) >= 11 is 0. The lowest BCUT2D eigenvalue weighted by Gasteiger charge is -2.37. The Morgan fingerprint density at radius 2 is 1.86 bits per heavy atom. The van der Waals surface area contributed by atoms with E-state index in [0.29, 0.717) is 24.4 Å². The normalized spacial score (nSPS) is 19.1. The van der Waals surface area contributed by atoms with Crippen LogP contribution in [0, 0.1) is 25.2 Å². The average molecular weight is 502 g/mol. The molecule has 1 N–H and O–H groups in total. The number of hydrogen-bond donors (Lipinski definition) is 1. The second-order valence-electron chi connectivity index (χ2n) is 10.1. The Hall–Kier alpha value is -3.30. The van der Waals surface area contributed by atoms with Crippen LogP contribution in [0.1, 0.15) is 60.2 Å². The minimum absolute atomic E-state index is 0.0801. The van der Waals surface area contributed by atoms with Crippen molar-refractivity contribution < 1.29 is 4.79 Å². The van der Waals surface area contributed by atoms with Gasteiger partial charge in [0.1, 0.15) is 6.07 Å². The van der Waals surface area contributed by atoms with E-state index in [4.69, 9.17) is 0 Å². The third-order valence-corrected chi connectivity index (χ3v) is 7.47. The summed E-state index contributed by atoms with van der Waals surface area (Å²) in [6.45, 7) is 22.5. The van der Waals surface area contributed by atoms with Crippen molar-refractivity contribution in [3.05, 3.63) is 82.7 Å². The molecule has 1 aromatic carbocycles. The van der Waals surface area contributed by atoms with Gasteiger partial charge in [0, 0.05) is 63.1 Å². The Morgan fingerprint density at radius 1 is 1.14 bits per heavy atom. The molecule has 2 saturated heterocycles. The molecule has 198 valence electrons. The Morgan fingerprint density at radius 3 is 2.49 bits per heavy atom. The Kier molecular flexibility index (Phi) is 10.2. The Labute approximate surface area is 223 Å². The van der Waals surface area contributed by atoms with E-state index in [0.717, 1.165) is 63.1 Å². The number of likely N-dealkylation sites (tertiary alicyclic amines) is 1. The predicted octanol–water partition coefficient (Wildman–Crippen LogP) is 5.08. The summed E-state index contributed by atoms with van der Waals surface area (Å²) in [5, 5.41) is 12.6. The molecular formula is C31H43N5O. The van der Waals surface area contributed by atoms with Crippen molar-refractivity contribution in [1.29, 1.82) is 5.26 Å². The highest BCUT2D eigenvalue weighted by molar-refractivity contribution is 5.96. The molecule has 0 radical (unpaired) electrons. The third-order valence-electron chi connectivity index (χ3n) is 7.47. The summed E-state index contributed by atoms with van der Waals surface area (Å²) in [6.07, 6.45) is 8.75. The molecule has 0 bridgehead atoms. The Balaban J connectivity index is 1.66. The number of allylic oxidation sites excluding steroid dienone is 5. The van der Waals surface area contributed by atoms with Crippen LogP contribution < -0.4 is 5.32 Å². The number of piperazine rings is 1. The van der Waals surface area contributed by atoms with Crippen LogP contribution >= 0.6 is 0 Å². The number of nitrogens with one attached hydrogen (secondary N) is 1. The number of benzene rings is 1. The summed E-state index contributed by atoms with van der Waals surface area (Å²) in [7, 11) is 0. The number of aryl methyl sites for hydroxylation is 2. The highest BCUT2D eigenvalue weighted by atomic mass is 16.2. The maximum absolute atomic E-state index is 13.6. The molecule has 0 saturated carbocycles. The summed E-state index contributed by atoms with van der Waals surface area (Å²) in [5.74, 6) is 0.0820. The molecule has 3 rings (SSSR count). The van der Waals surface area contributed by atoms with Crippen molar-refractivity contribution >= 4 is 5.91 Å². The summed E-state index contributed by atoms with van der Waals surface area (Å²) in [6, 6.07) is 6.45. The number of nitriles is 1. The quantitative estimate of drug-likeness (QED) is 0.358. The Bertz CT molecular complexity index is 1100. The largest absolute Gasteiger partial charge is 0.379 e. The number of nitrogens with zero attached hydrogens (tertiary/aromatic N) is 4. The summed E-state index contributed by atoms with van der Waals surface area (Å²) < 4.78 is 0. The molecule has 2 heterocycles. The molecule has 1 aromatic rings. The number of hydrogen-bond acceptors (Lipinski definition) is 5. The van der Waals surface area contributed by atoms with E-state index in [1.807, 2.05) is 11.8 Å². The van der Waals surface area contributed by atoms with Crippen LogP contribution in [0.5, 0.6) is 0 Å². The van der Waals surface area contributed by atoms with Crippen molar-refractivity contribution in [3.63, 3.8) is 0 Å². The number of carbonyl (C=O) groups is 1. The highest BCUT2D eigenvalue weighted by Crippen LogP contribution is 2.23. The topological polar surface area (TPSA) is 62.6 Å². The van der Waals surface area contributed by atoms with Gasteiger partial charge < -0.3 is 15.1 Å². The standard InChI is InChI=1S/C31H43N5O/c1-7-10-28(9-3)35-16-14-34(15-17-35)21-26-19-29(24(5)18-23(26)4)31(37)36-13-12-27(22-36)33-30(11-8-2)25(6)20-32/h8,10-11,18-19,27,33H,2,6-7,9,12-17,21-22H2,1,3-5H3/b28-10+,30-11+. The number of amides is 1. The van der Waals surface area contributed by atoms with Crippen LogP contribution in [0.3, 0.4) is 0 Å². The van der Waals surface area contributed by atoms with Gasteiger partial charge in [0.05, 0.1) is 11.3 Å². The fourth-order valence-electron chi connectivity index (χ4n) is 5.33. The van der Waals surface area contributed by atoms with Crippen LogP contribution in [0.4, 0.5) is 0 Å². The first kappa shape index (κ1) is 28.3. The van der Waals surface area contributed by atoms with E-state index in [2.05, 4.69) is 73.3 Å². The van der Waals surface area contributed by atoms with E-state index in [1.165, 1.54) is 16.8 Å². The van der Waals surface area contributed by atoms with E-state index in [-0.39, 0.29) is 11.9 Å². The highest BCUT2D eigenvalue weighted by Gasteiger charge is 2.29. The lowest BCUT2D eigenvalue weighted by Crippen LogP contribution is -2.45. The van der Waals surface area contributed by atoms with Gasteiger partial charge in [-0.3, -0.25) is 9.69 Å². The van der Waals surface area contributed by atoms with Gasteiger partial charge in [-0.1, -0.05) is 45.2 Å². The minimum Gasteiger partial charge on any atom is -0.379 e. The SMILES string of the molecule is C=C/C=C(/NC1CCN(C(=O)c2cc(CN3CCN(/C(=C/CC)CC)CC3)c(C)cc2C)C1)C(=C)C#N. The molecule has 37 heavy (non-hydrogen) atoms. The zero-order valence-corrected chi connectivity index (χ0v) is 23.1. The fraction of sp³-hybridized carbons (Fsp3) is 0.484. The second kappa shape index (κ2) is 13.3. The van der Waals surface area contributed by atoms with Crippen molar-refractivity contribution in [3.8, 4) is 6.07 Å². The number of rotatable bonds is 10. The minimum atomic E-state index is 0.0801.